The van der Waals surface area contributed by atoms with Gasteiger partial charge in [0.2, 0.25) is 5.91 Å². The molecule has 0 radical (unpaired) electrons. The highest BCUT2D eigenvalue weighted by atomic mass is 16.3. The molecule has 1 aliphatic heterocycles. The molecule has 3 N–H and O–H groups in total. The summed E-state index contributed by atoms with van der Waals surface area (Å²) in [6, 6.07) is 9.62. The minimum Gasteiger partial charge on any atom is -0.392 e. The maximum atomic E-state index is 12.3. The topological polar surface area (TPSA) is 64.6 Å². The van der Waals surface area contributed by atoms with Crippen molar-refractivity contribution in [1.82, 2.24) is 15.5 Å². The summed E-state index contributed by atoms with van der Waals surface area (Å²) in [5, 5.41) is 15.6. The lowest BCUT2D eigenvalue weighted by Crippen LogP contribution is -2.44. The van der Waals surface area contributed by atoms with Crippen molar-refractivity contribution in [2.45, 2.75) is 24.6 Å². The van der Waals surface area contributed by atoms with Gasteiger partial charge in [-0.1, -0.05) is 30.3 Å². The van der Waals surface area contributed by atoms with Crippen molar-refractivity contribution in [2.75, 3.05) is 27.2 Å². The summed E-state index contributed by atoms with van der Waals surface area (Å²) in [4.78, 5) is 14.3. The van der Waals surface area contributed by atoms with E-state index in [4.69, 9.17) is 0 Å². The van der Waals surface area contributed by atoms with Crippen LogP contribution in [0.25, 0.3) is 0 Å². The molecule has 1 aromatic carbocycles. The van der Waals surface area contributed by atoms with Crippen LogP contribution in [0.2, 0.25) is 0 Å². The zero-order valence-corrected chi connectivity index (χ0v) is 12.0. The Bertz CT molecular complexity index is 436. The predicted octanol–water partition coefficient (Wildman–Crippen LogP) is 0.128. The van der Waals surface area contributed by atoms with Crippen LogP contribution in [0, 0.1) is 0 Å². The molecule has 1 fully saturated rings. The van der Waals surface area contributed by atoms with E-state index in [1.54, 1.807) is 0 Å². The number of amides is 1. The number of hydrogen-bond acceptors (Lipinski definition) is 4. The van der Waals surface area contributed by atoms with Crippen LogP contribution >= 0.6 is 0 Å². The summed E-state index contributed by atoms with van der Waals surface area (Å²) in [6.45, 7) is 1.23. The Kier molecular flexibility index (Phi) is 5.11. The Morgan fingerprint density at radius 3 is 2.70 bits per heavy atom. The van der Waals surface area contributed by atoms with Gasteiger partial charge in [-0.15, -0.1) is 0 Å². The molecule has 0 saturated carbocycles. The van der Waals surface area contributed by atoms with Crippen molar-refractivity contribution in [3.05, 3.63) is 35.9 Å². The summed E-state index contributed by atoms with van der Waals surface area (Å²) in [7, 11) is 3.97. The van der Waals surface area contributed by atoms with Crippen LogP contribution in [-0.4, -0.2) is 55.2 Å². The number of benzene rings is 1. The molecule has 0 bridgehead atoms. The highest BCUT2D eigenvalue weighted by molar-refractivity contribution is 5.82. The van der Waals surface area contributed by atoms with Crippen LogP contribution in [0.15, 0.2) is 30.3 Å². The number of hydrogen-bond donors (Lipinski definition) is 3. The fourth-order valence-corrected chi connectivity index (χ4v) is 2.47. The van der Waals surface area contributed by atoms with E-state index in [1.165, 1.54) is 0 Å². The van der Waals surface area contributed by atoms with Gasteiger partial charge in [-0.2, -0.15) is 0 Å². The van der Waals surface area contributed by atoms with Crippen molar-refractivity contribution >= 4 is 5.91 Å². The van der Waals surface area contributed by atoms with Crippen LogP contribution in [0.5, 0.6) is 0 Å². The standard InChI is InChI=1S/C15H23N3O2/c1-18(2)10-14(11-6-4-3-5-7-11)17-15(20)13-8-12(19)9-16-13/h3-7,12-14,16,19H,8-10H2,1-2H3,(H,17,20). The first-order valence-corrected chi connectivity index (χ1v) is 6.97. The maximum Gasteiger partial charge on any atom is 0.237 e. The number of carbonyl (C=O) groups excluding carboxylic acids is 1. The second-order valence-corrected chi connectivity index (χ2v) is 5.58. The molecule has 3 atom stereocenters. The molecule has 1 heterocycles. The Morgan fingerprint density at radius 2 is 2.15 bits per heavy atom. The third-order valence-electron chi connectivity index (χ3n) is 3.49. The van der Waals surface area contributed by atoms with Crippen molar-refractivity contribution in [3.63, 3.8) is 0 Å². The van der Waals surface area contributed by atoms with Gasteiger partial charge in [0.1, 0.15) is 0 Å². The number of carbonyl (C=O) groups is 1. The zero-order chi connectivity index (χ0) is 14.5. The number of nitrogens with one attached hydrogen (secondary N) is 2. The molecule has 0 spiro atoms. The second-order valence-electron chi connectivity index (χ2n) is 5.58. The Hall–Kier alpha value is -1.43. The number of aliphatic hydroxyl groups excluding tert-OH is 1. The number of β-amino-alcohol motifs (C(OH)–C–C–N with tert-alkyl or cyclic N) is 1. The van der Waals surface area contributed by atoms with Gasteiger partial charge in [0, 0.05) is 13.1 Å². The first-order chi connectivity index (χ1) is 9.56. The monoisotopic (exact) mass is 277 g/mol. The third kappa shape index (κ3) is 4.03. The summed E-state index contributed by atoms with van der Waals surface area (Å²) in [6.07, 6.45) is 0.0600. The SMILES string of the molecule is CN(C)CC(NC(=O)C1CC(O)CN1)c1ccccc1. The molecule has 3 unspecified atom stereocenters. The van der Waals surface area contributed by atoms with E-state index in [1.807, 2.05) is 44.4 Å². The van der Waals surface area contributed by atoms with Gasteiger partial charge in [0.15, 0.2) is 0 Å². The Morgan fingerprint density at radius 1 is 1.45 bits per heavy atom. The van der Waals surface area contributed by atoms with Crippen LogP contribution in [0.3, 0.4) is 0 Å². The molecule has 1 amide bonds. The fourth-order valence-electron chi connectivity index (χ4n) is 2.47. The number of nitrogens with zero attached hydrogens (tertiary/aromatic N) is 1. The molecule has 0 aliphatic carbocycles. The summed E-state index contributed by atoms with van der Waals surface area (Å²) >= 11 is 0. The Balaban J connectivity index is 2.02. The normalized spacial score (nSPS) is 23.8. The maximum absolute atomic E-state index is 12.3. The quantitative estimate of drug-likeness (QED) is 0.716. The predicted molar refractivity (Wildman–Crippen MR) is 78.3 cm³/mol. The van der Waals surface area contributed by atoms with Gasteiger partial charge < -0.3 is 20.6 Å². The van der Waals surface area contributed by atoms with Crippen molar-refractivity contribution < 1.29 is 9.90 Å². The highest BCUT2D eigenvalue weighted by Gasteiger charge is 2.29. The largest absolute Gasteiger partial charge is 0.392 e. The van der Waals surface area contributed by atoms with Gasteiger partial charge >= 0.3 is 0 Å². The van der Waals surface area contributed by atoms with E-state index in [0.29, 0.717) is 13.0 Å². The molecule has 1 aliphatic rings. The van der Waals surface area contributed by atoms with Crippen molar-refractivity contribution in [3.8, 4) is 0 Å². The summed E-state index contributed by atoms with van der Waals surface area (Å²) in [5.74, 6) is -0.0442. The molecule has 5 heteroatoms. The average molecular weight is 277 g/mol. The van der Waals surface area contributed by atoms with E-state index in [9.17, 15) is 9.90 Å². The lowest BCUT2D eigenvalue weighted by Gasteiger charge is -2.24. The van der Waals surface area contributed by atoms with E-state index < -0.39 is 6.10 Å². The van der Waals surface area contributed by atoms with Crippen LogP contribution < -0.4 is 10.6 Å². The number of aliphatic hydroxyl groups is 1. The molecule has 5 nitrogen and oxygen atoms in total. The van der Waals surface area contributed by atoms with Gasteiger partial charge in [0.05, 0.1) is 18.2 Å². The van der Waals surface area contributed by atoms with Gasteiger partial charge in [0.25, 0.3) is 0 Å². The van der Waals surface area contributed by atoms with Crippen molar-refractivity contribution in [1.29, 1.82) is 0 Å². The minimum atomic E-state index is -0.422. The minimum absolute atomic E-state index is 0.0433. The number of rotatable bonds is 5. The zero-order valence-electron chi connectivity index (χ0n) is 12.0. The molecule has 1 aromatic rings. The van der Waals surface area contributed by atoms with Crippen molar-refractivity contribution in [2.24, 2.45) is 0 Å². The molecule has 0 aromatic heterocycles. The fraction of sp³-hybridized carbons (Fsp3) is 0.533. The summed E-state index contributed by atoms with van der Waals surface area (Å²) < 4.78 is 0. The number of likely N-dealkylation sites (N-methyl/N-ethyl adjacent to an activating group) is 1. The molecule has 1 saturated heterocycles. The lowest BCUT2D eigenvalue weighted by molar-refractivity contribution is -0.123. The van der Waals surface area contributed by atoms with E-state index in [2.05, 4.69) is 15.5 Å². The Labute approximate surface area is 120 Å². The molecule has 2 rings (SSSR count). The molecule has 110 valence electrons. The van der Waals surface area contributed by atoms with Gasteiger partial charge in [-0.25, -0.2) is 0 Å². The van der Waals surface area contributed by atoms with Gasteiger partial charge in [-0.3, -0.25) is 4.79 Å². The second kappa shape index (κ2) is 6.83. The molecule has 20 heavy (non-hydrogen) atoms. The van der Waals surface area contributed by atoms with E-state index >= 15 is 0 Å². The first-order valence-electron chi connectivity index (χ1n) is 6.97. The van der Waals surface area contributed by atoms with E-state index in [-0.39, 0.29) is 18.0 Å². The van der Waals surface area contributed by atoms with E-state index in [0.717, 1.165) is 12.1 Å². The van der Waals surface area contributed by atoms with Crippen LogP contribution in [0.4, 0.5) is 0 Å². The van der Waals surface area contributed by atoms with Crippen LogP contribution in [0.1, 0.15) is 18.0 Å². The van der Waals surface area contributed by atoms with Gasteiger partial charge in [-0.05, 0) is 26.1 Å². The smallest absolute Gasteiger partial charge is 0.237 e. The lowest BCUT2D eigenvalue weighted by atomic mass is 10.1. The average Bonchev–Trinajstić information content (AvgIpc) is 2.85. The molecular formula is C15H23N3O2. The van der Waals surface area contributed by atoms with Crippen LogP contribution in [-0.2, 0) is 4.79 Å². The molecular weight excluding hydrogens is 254 g/mol. The highest BCUT2D eigenvalue weighted by Crippen LogP contribution is 2.15. The third-order valence-corrected chi connectivity index (χ3v) is 3.49. The first kappa shape index (κ1) is 15.0. The summed E-state index contributed by atoms with van der Waals surface area (Å²) in [5.41, 5.74) is 1.09.